The SMILES string of the molecule is c1nc(NCCC2CCCC2)c2ccsc2n1. The molecule has 0 aliphatic heterocycles. The summed E-state index contributed by atoms with van der Waals surface area (Å²) in [6, 6.07) is 2.10. The number of aromatic nitrogens is 2. The van der Waals surface area contributed by atoms with Gasteiger partial charge < -0.3 is 5.32 Å². The third kappa shape index (κ3) is 2.41. The van der Waals surface area contributed by atoms with E-state index < -0.39 is 0 Å². The fourth-order valence-electron chi connectivity index (χ4n) is 2.62. The van der Waals surface area contributed by atoms with Crippen molar-refractivity contribution in [2.45, 2.75) is 32.1 Å². The molecular weight excluding hydrogens is 230 g/mol. The highest BCUT2D eigenvalue weighted by Crippen LogP contribution is 2.28. The first-order valence-corrected chi connectivity index (χ1v) is 7.23. The van der Waals surface area contributed by atoms with Crippen LogP contribution in [0.2, 0.25) is 0 Å². The minimum Gasteiger partial charge on any atom is -0.369 e. The van der Waals surface area contributed by atoms with E-state index in [0.29, 0.717) is 0 Å². The first kappa shape index (κ1) is 11.0. The van der Waals surface area contributed by atoms with E-state index in [9.17, 15) is 0 Å². The van der Waals surface area contributed by atoms with Gasteiger partial charge in [-0.05, 0) is 23.8 Å². The Balaban J connectivity index is 1.62. The molecule has 0 saturated heterocycles. The van der Waals surface area contributed by atoms with Crippen LogP contribution in [0.4, 0.5) is 5.82 Å². The summed E-state index contributed by atoms with van der Waals surface area (Å²) in [5, 5.41) is 6.68. The van der Waals surface area contributed by atoms with Crippen molar-refractivity contribution >= 4 is 27.4 Å². The Morgan fingerprint density at radius 3 is 3.06 bits per heavy atom. The molecule has 2 aromatic rings. The summed E-state index contributed by atoms with van der Waals surface area (Å²) < 4.78 is 0. The third-order valence-electron chi connectivity index (χ3n) is 3.58. The van der Waals surface area contributed by atoms with Crippen molar-refractivity contribution in [2.24, 2.45) is 5.92 Å². The maximum Gasteiger partial charge on any atom is 0.138 e. The van der Waals surface area contributed by atoms with E-state index in [1.165, 1.54) is 32.1 Å². The van der Waals surface area contributed by atoms with Crippen molar-refractivity contribution in [3.05, 3.63) is 17.8 Å². The monoisotopic (exact) mass is 247 g/mol. The first-order valence-electron chi connectivity index (χ1n) is 6.35. The molecule has 1 saturated carbocycles. The van der Waals surface area contributed by atoms with Crippen LogP contribution in [0.3, 0.4) is 0 Å². The number of thiophene rings is 1. The molecule has 0 aromatic carbocycles. The Morgan fingerprint density at radius 1 is 1.29 bits per heavy atom. The lowest BCUT2D eigenvalue weighted by atomic mass is 10.0. The fraction of sp³-hybridized carbons (Fsp3) is 0.538. The average molecular weight is 247 g/mol. The normalized spacial score (nSPS) is 16.7. The second-order valence-electron chi connectivity index (χ2n) is 4.73. The van der Waals surface area contributed by atoms with Crippen LogP contribution < -0.4 is 5.32 Å². The van der Waals surface area contributed by atoms with Crippen LogP contribution in [0.1, 0.15) is 32.1 Å². The zero-order valence-corrected chi connectivity index (χ0v) is 10.7. The Labute approximate surface area is 105 Å². The largest absolute Gasteiger partial charge is 0.369 e. The highest BCUT2D eigenvalue weighted by Gasteiger charge is 2.14. The molecule has 0 spiro atoms. The van der Waals surface area contributed by atoms with E-state index in [-0.39, 0.29) is 0 Å². The predicted octanol–water partition coefficient (Wildman–Crippen LogP) is 3.68. The van der Waals surface area contributed by atoms with Crippen LogP contribution in [0.5, 0.6) is 0 Å². The van der Waals surface area contributed by atoms with Crippen molar-refractivity contribution in [2.75, 3.05) is 11.9 Å². The molecule has 3 rings (SSSR count). The van der Waals surface area contributed by atoms with Crippen LogP contribution in [-0.2, 0) is 0 Å². The van der Waals surface area contributed by atoms with Crippen molar-refractivity contribution in [3.8, 4) is 0 Å². The number of fused-ring (bicyclic) bond motifs is 1. The fourth-order valence-corrected chi connectivity index (χ4v) is 3.36. The lowest BCUT2D eigenvalue weighted by molar-refractivity contribution is 0.518. The minimum absolute atomic E-state index is 0.933. The standard InChI is InChI=1S/C13H17N3S/c1-2-4-10(3-1)5-7-14-12-11-6-8-17-13(11)16-9-15-12/h6,8-10H,1-5,7H2,(H,14,15,16). The van der Waals surface area contributed by atoms with Gasteiger partial charge in [0.2, 0.25) is 0 Å². The van der Waals surface area contributed by atoms with E-state index in [0.717, 1.165) is 28.5 Å². The van der Waals surface area contributed by atoms with E-state index in [1.807, 2.05) is 0 Å². The summed E-state index contributed by atoms with van der Waals surface area (Å²) in [6.45, 7) is 1.03. The van der Waals surface area contributed by atoms with E-state index in [4.69, 9.17) is 0 Å². The van der Waals surface area contributed by atoms with Gasteiger partial charge in [-0.15, -0.1) is 11.3 Å². The van der Waals surface area contributed by atoms with Crippen LogP contribution in [0, 0.1) is 5.92 Å². The quantitative estimate of drug-likeness (QED) is 0.895. The van der Waals surface area contributed by atoms with Gasteiger partial charge in [0.05, 0.1) is 5.39 Å². The topological polar surface area (TPSA) is 37.8 Å². The molecule has 17 heavy (non-hydrogen) atoms. The summed E-state index contributed by atoms with van der Waals surface area (Å²) in [6.07, 6.45) is 8.60. The summed E-state index contributed by atoms with van der Waals surface area (Å²) in [4.78, 5) is 9.66. The smallest absolute Gasteiger partial charge is 0.138 e. The van der Waals surface area contributed by atoms with Gasteiger partial charge in [0.1, 0.15) is 17.0 Å². The van der Waals surface area contributed by atoms with Crippen LogP contribution in [0.15, 0.2) is 17.8 Å². The number of anilines is 1. The first-order chi connectivity index (χ1) is 8.43. The van der Waals surface area contributed by atoms with Crippen molar-refractivity contribution in [3.63, 3.8) is 0 Å². The molecule has 3 nitrogen and oxygen atoms in total. The molecule has 90 valence electrons. The van der Waals surface area contributed by atoms with Gasteiger partial charge in [0.25, 0.3) is 0 Å². The molecule has 0 atom stereocenters. The molecule has 1 fully saturated rings. The molecule has 0 unspecified atom stereocenters. The lowest BCUT2D eigenvalue weighted by Gasteiger charge is -2.10. The zero-order chi connectivity index (χ0) is 11.5. The number of hydrogen-bond donors (Lipinski definition) is 1. The molecule has 2 heterocycles. The number of nitrogens with one attached hydrogen (secondary N) is 1. The minimum atomic E-state index is 0.933. The maximum absolute atomic E-state index is 4.33. The van der Waals surface area contributed by atoms with Crippen LogP contribution in [-0.4, -0.2) is 16.5 Å². The number of nitrogens with zero attached hydrogens (tertiary/aromatic N) is 2. The van der Waals surface area contributed by atoms with Crippen LogP contribution in [0.25, 0.3) is 10.2 Å². The van der Waals surface area contributed by atoms with E-state index >= 15 is 0 Å². The van der Waals surface area contributed by atoms with Gasteiger partial charge in [0.15, 0.2) is 0 Å². The third-order valence-corrected chi connectivity index (χ3v) is 4.40. The highest BCUT2D eigenvalue weighted by atomic mass is 32.1. The van der Waals surface area contributed by atoms with Crippen molar-refractivity contribution in [1.29, 1.82) is 0 Å². The molecule has 1 N–H and O–H groups in total. The van der Waals surface area contributed by atoms with E-state index in [1.54, 1.807) is 17.7 Å². The number of rotatable bonds is 4. The molecular formula is C13H17N3S. The van der Waals surface area contributed by atoms with Gasteiger partial charge in [-0.1, -0.05) is 25.7 Å². The van der Waals surface area contributed by atoms with Gasteiger partial charge in [-0.2, -0.15) is 0 Å². The zero-order valence-electron chi connectivity index (χ0n) is 9.85. The summed E-state index contributed by atoms with van der Waals surface area (Å²) >= 11 is 1.67. The average Bonchev–Trinajstić information content (AvgIpc) is 2.99. The van der Waals surface area contributed by atoms with Crippen molar-refractivity contribution in [1.82, 2.24) is 9.97 Å². The lowest BCUT2D eigenvalue weighted by Crippen LogP contribution is -2.08. The Bertz CT molecular complexity index is 488. The van der Waals surface area contributed by atoms with Crippen LogP contribution >= 0.6 is 11.3 Å². The summed E-state index contributed by atoms with van der Waals surface area (Å²) in [7, 11) is 0. The van der Waals surface area contributed by atoms with Crippen molar-refractivity contribution < 1.29 is 0 Å². The molecule has 0 amide bonds. The second kappa shape index (κ2) is 5.00. The Hall–Kier alpha value is -1.16. The Kier molecular flexibility index (Phi) is 3.22. The predicted molar refractivity (Wildman–Crippen MR) is 72.5 cm³/mol. The molecule has 1 aliphatic carbocycles. The molecule has 0 radical (unpaired) electrons. The Morgan fingerprint density at radius 2 is 2.18 bits per heavy atom. The van der Waals surface area contributed by atoms with Gasteiger partial charge >= 0.3 is 0 Å². The molecule has 1 aliphatic rings. The van der Waals surface area contributed by atoms with Gasteiger partial charge in [-0.3, -0.25) is 0 Å². The van der Waals surface area contributed by atoms with Gasteiger partial charge in [-0.25, -0.2) is 9.97 Å². The molecule has 0 bridgehead atoms. The molecule has 4 heteroatoms. The second-order valence-corrected chi connectivity index (χ2v) is 5.62. The number of hydrogen-bond acceptors (Lipinski definition) is 4. The maximum atomic E-state index is 4.33. The van der Waals surface area contributed by atoms with E-state index in [2.05, 4.69) is 26.7 Å². The van der Waals surface area contributed by atoms with Gasteiger partial charge in [0, 0.05) is 6.54 Å². The summed E-state index contributed by atoms with van der Waals surface area (Å²) in [5.74, 6) is 1.93. The molecule has 2 aromatic heterocycles. The summed E-state index contributed by atoms with van der Waals surface area (Å²) in [5.41, 5.74) is 0. The highest BCUT2D eigenvalue weighted by molar-refractivity contribution is 7.16.